The van der Waals surface area contributed by atoms with Crippen molar-refractivity contribution < 1.29 is 27.5 Å². The van der Waals surface area contributed by atoms with E-state index in [4.69, 9.17) is 27.9 Å². The minimum absolute atomic E-state index is 0.0426. The highest BCUT2D eigenvalue weighted by Gasteiger charge is 2.33. The standard InChI is InChI=1S/C22H19Cl2F3N2O3/c1-10-8-12(22(25,26)27)9-14-11(2)29(28-18(10)14)19(30)16-15(23)7-6-13(17(16)24)20(31)32-21(3,4)5/h6-9H,1-5H3. The monoisotopic (exact) mass is 486 g/mol. The Hall–Kier alpha value is -2.58. The molecule has 10 heteroatoms. The molecule has 0 unspecified atom stereocenters. The summed E-state index contributed by atoms with van der Waals surface area (Å²) in [5, 5.41) is 4.09. The summed E-state index contributed by atoms with van der Waals surface area (Å²) >= 11 is 12.6. The Morgan fingerprint density at radius 1 is 1.06 bits per heavy atom. The fourth-order valence-corrected chi connectivity index (χ4v) is 3.79. The number of carbonyl (C=O) groups is 2. The van der Waals surface area contributed by atoms with Gasteiger partial charge in [-0.1, -0.05) is 23.2 Å². The van der Waals surface area contributed by atoms with Crippen LogP contribution in [-0.2, 0) is 10.9 Å². The maximum atomic E-state index is 13.3. The minimum atomic E-state index is -4.55. The van der Waals surface area contributed by atoms with E-state index in [-0.39, 0.29) is 43.3 Å². The summed E-state index contributed by atoms with van der Waals surface area (Å²) < 4.78 is 45.9. The van der Waals surface area contributed by atoms with Gasteiger partial charge in [-0.15, -0.1) is 0 Å². The number of ether oxygens (including phenoxy) is 1. The van der Waals surface area contributed by atoms with E-state index < -0.39 is 29.2 Å². The van der Waals surface area contributed by atoms with Crippen molar-refractivity contribution in [2.75, 3.05) is 0 Å². The number of fused-ring (bicyclic) bond motifs is 1. The summed E-state index contributed by atoms with van der Waals surface area (Å²) in [5.41, 5.74) is -1.26. The molecule has 0 radical (unpaired) electrons. The predicted octanol–water partition coefficient (Wildman–Crippen LogP) is 6.62. The van der Waals surface area contributed by atoms with Crippen molar-refractivity contribution in [3.05, 3.63) is 62.3 Å². The molecule has 1 aromatic heterocycles. The molecule has 0 aliphatic heterocycles. The number of nitrogens with zero attached hydrogens (tertiary/aromatic N) is 2. The van der Waals surface area contributed by atoms with Gasteiger partial charge < -0.3 is 4.74 Å². The number of benzene rings is 2. The number of aromatic nitrogens is 2. The molecule has 170 valence electrons. The van der Waals surface area contributed by atoms with Crippen molar-refractivity contribution in [3.63, 3.8) is 0 Å². The summed E-state index contributed by atoms with van der Waals surface area (Å²) in [6, 6.07) is 4.56. The van der Waals surface area contributed by atoms with Gasteiger partial charge in [-0.25, -0.2) is 4.79 Å². The van der Waals surface area contributed by atoms with Crippen LogP contribution in [0.1, 0.15) is 58.3 Å². The van der Waals surface area contributed by atoms with Crippen molar-refractivity contribution in [3.8, 4) is 0 Å². The molecule has 0 N–H and O–H groups in total. The number of esters is 1. The van der Waals surface area contributed by atoms with Crippen LogP contribution in [0.5, 0.6) is 0 Å². The zero-order chi connectivity index (χ0) is 24.2. The molecule has 0 aliphatic rings. The van der Waals surface area contributed by atoms with Gasteiger partial charge in [-0.05, 0) is 64.4 Å². The Morgan fingerprint density at radius 3 is 2.25 bits per heavy atom. The van der Waals surface area contributed by atoms with Gasteiger partial charge in [0, 0.05) is 5.39 Å². The minimum Gasteiger partial charge on any atom is -0.456 e. The van der Waals surface area contributed by atoms with E-state index in [1.165, 1.54) is 26.0 Å². The van der Waals surface area contributed by atoms with Crippen LogP contribution >= 0.6 is 23.2 Å². The topological polar surface area (TPSA) is 61.2 Å². The quantitative estimate of drug-likeness (QED) is 0.381. The second-order valence-corrected chi connectivity index (χ2v) is 9.06. The summed E-state index contributed by atoms with van der Waals surface area (Å²) in [5.74, 6) is -1.53. The van der Waals surface area contributed by atoms with Gasteiger partial charge in [0.2, 0.25) is 0 Å². The molecule has 0 fully saturated rings. The van der Waals surface area contributed by atoms with Crippen molar-refractivity contribution >= 4 is 46.0 Å². The lowest BCUT2D eigenvalue weighted by atomic mass is 10.1. The highest BCUT2D eigenvalue weighted by atomic mass is 35.5. The third kappa shape index (κ3) is 4.47. The van der Waals surface area contributed by atoms with Crippen LogP contribution in [0.2, 0.25) is 10.0 Å². The second-order valence-electron chi connectivity index (χ2n) is 8.28. The number of aryl methyl sites for hydroxylation is 2. The van der Waals surface area contributed by atoms with Gasteiger partial charge in [-0.3, -0.25) is 4.79 Å². The summed E-state index contributed by atoms with van der Waals surface area (Å²) in [4.78, 5) is 25.8. The number of carbonyl (C=O) groups excluding carboxylic acids is 2. The molecule has 5 nitrogen and oxygen atoms in total. The van der Waals surface area contributed by atoms with Crippen LogP contribution in [0.15, 0.2) is 24.3 Å². The Morgan fingerprint density at radius 2 is 1.69 bits per heavy atom. The van der Waals surface area contributed by atoms with Gasteiger partial charge in [0.25, 0.3) is 5.91 Å². The molecular weight excluding hydrogens is 468 g/mol. The zero-order valence-corrected chi connectivity index (χ0v) is 19.3. The smallest absolute Gasteiger partial charge is 0.416 e. The van der Waals surface area contributed by atoms with E-state index in [0.29, 0.717) is 0 Å². The number of halogens is 5. The lowest BCUT2D eigenvalue weighted by Gasteiger charge is -2.20. The molecule has 3 aromatic rings. The van der Waals surface area contributed by atoms with E-state index in [1.807, 2.05) is 0 Å². The maximum absolute atomic E-state index is 13.3. The number of hydrogen-bond donors (Lipinski definition) is 0. The Bertz CT molecular complexity index is 1260. The van der Waals surface area contributed by atoms with Gasteiger partial charge in [0.1, 0.15) is 5.60 Å². The van der Waals surface area contributed by atoms with Crippen molar-refractivity contribution in [1.29, 1.82) is 0 Å². The lowest BCUT2D eigenvalue weighted by molar-refractivity contribution is -0.137. The molecule has 0 aliphatic carbocycles. The fraction of sp³-hybridized carbons (Fsp3) is 0.318. The molecule has 3 rings (SSSR count). The third-order valence-corrected chi connectivity index (χ3v) is 5.36. The summed E-state index contributed by atoms with van der Waals surface area (Å²) in [6.45, 7) is 7.97. The first-order valence-electron chi connectivity index (χ1n) is 9.45. The van der Waals surface area contributed by atoms with E-state index in [0.717, 1.165) is 16.8 Å². The molecular formula is C22H19Cl2F3N2O3. The number of rotatable bonds is 2. The molecule has 0 saturated carbocycles. The molecule has 0 saturated heterocycles. The highest BCUT2D eigenvalue weighted by Crippen LogP contribution is 2.35. The van der Waals surface area contributed by atoms with Gasteiger partial charge in [0.05, 0.1) is 37.9 Å². The SMILES string of the molecule is Cc1cc(C(F)(F)F)cc2c(C)n(C(=O)c3c(Cl)ccc(C(=O)OC(C)(C)C)c3Cl)nc12. The van der Waals surface area contributed by atoms with Crippen LogP contribution in [0.3, 0.4) is 0 Å². The van der Waals surface area contributed by atoms with Crippen molar-refractivity contribution in [2.45, 2.75) is 46.4 Å². The van der Waals surface area contributed by atoms with E-state index in [9.17, 15) is 22.8 Å². The molecule has 0 bridgehead atoms. The average Bonchev–Trinajstić information content (AvgIpc) is 2.97. The largest absolute Gasteiger partial charge is 0.456 e. The number of hydrogen-bond acceptors (Lipinski definition) is 4. The third-order valence-electron chi connectivity index (χ3n) is 4.65. The Balaban J connectivity index is 2.16. The Labute approximate surface area is 192 Å². The maximum Gasteiger partial charge on any atom is 0.416 e. The first-order valence-corrected chi connectivity index (χ1v) is 10.2. The molecule has 0 spiro atoms. The van der Waals surface area contributed by atoms with Gasteiger partial charge in [-0.2, -0.15) is 23.0 Å². The Kier molecular flexibility index (Phi) is 6.08. The van der Waals surface area contributed by atoms with Crippen molar-refractivity contribution in [2.24, 2.45) is 0 Å². The van der Waals surface area contributed by atoms with Crippen LogP contribution in [-0.4, -0.2) is 27.3 Å². The van der Waals surface area contributed by atoms with Crippen LogP contribution in [0.4, 0.5) is 13.2 Å². The second kappa shape index (κ2) is 8.08. The van der Waals surface area contributed by atoms with Crippen molar-refractivity contribution in [1.82, 2.24) is 9.78 Å². The first kappa shape index (κ1) is 24.1. The first-order chi connectivity index (χ1) is 14.6. The predicted molar refractivity (Wildman–Crippen MR) is 116 cm³/mol. The molecule has 32 heavy (non-hydrogen) atoms. The van der Waals surface area contributed by atoms with E-state index >= 15 is 0 Å². The summed E-state index contributed by atoms with van der Waals surface area (Å²) in [6.07, 6.45) is -4.55. The van der Waals surface area contributed by atoms with Gasteiger partial charge in [0.15, 0.2) is 0 Å². The van der Waals surface area contributed by atoms with E-state index in [2.05, 4.69) is 5.10 Å². The highest BCUT2D eigenvalue weighted by molar-refractivity contribution is 6.41. The average molecular weight is 487 g/mol. The molecule has 0 amide bonds. The van der Waals surface area contributed by atoms with E-state index in [1.54, 1.807) is 20.8 Å². The van der Waals surface area contributed by atoms with Crippen LogP contribution in [0.25, 0.3) is 10.9 Å². The summed E-state index contributed by atoms with van der Waals surface area (Å²) in [7, 11) is 0. The molecule has 0 atom stereocenters. The van der Waals surface area contributed by atoms with Crippen LogP contribution in [0, 0.1) is 13.8 Å². The molecule has 2 aromatic carbocycles. The zero-order valence-electron chi connectivity index (χ0n) is 17.8. The fourth-order valence-electron chi connectivity index (χ4n) is 3.18. The number of alkyl halides is 3. The molecule has 1 heterocycles. The van der Waals surface area contributed by atoms with Gasteiger partial charge >= 0.3 is 12.1 Å². The lowest BCUT2D eigenvalue weighted by Crippen LogP contribution is -2.24. The van der Waals surface area contributed by atoms with Crippen LogP contribution < -0.4 is 0 Å². The normalized spacial score (nSPS) is 12.3.